The van der Waals surface area contributed by atoms with Gasteiger partial charge < -0.3 is 5.32 Å². The molecule has 3 rings (SSSR count). The molecule has 2 aromatic carbocycles. The lowest BCUT2D eigenvalue weighted by atomic mass is 9.95. The fourth-order valence-corrected chi connectivity index (χ4v) is 2.53. The third-order valence-corrected chi connectivity index (χ3v) is 3.99. The van der Waals surface area contributed by atoms with Gasteiger partial charge in [0.05, 0.1) is 6.04 Å². The number of aromatic amines is 2. The first-order valence-electron chi connectivity index (χ1n) is 7.62. The molecule has 0 aliphatic heterocycles. The molecular weight excluding hydrogens is 304 g/mol. The first-order chi connectivity index (χ1) is 11.5. The van der Waals surface area contributed by atoms with Gasteiger partial charge in [-0.05, 0) is 36.1 Å². The summed E-state index contributed by atoms with van der Waals surface area (Å²) in [6, 6.07) is 15.4. The Bertz CT molecular complexity index is 912. The van der Waals surface area contributed by atoms with Crippen LogP contribution in [0, 0.1) is 13.8 Å². The van der Waals surface area contributed by atoms with Gasteiger partial charge in [-0.2, -0.15) is 0 Å². The second kappa shape index (κ2) is 6.54. The van der Waals surface area contributed by atoms with Crippen LogP contribution in [-0.2, 0) is 0 Å². The lowest BCUT2D eigenvalue weighted by Crippen LogP contribution is -2.30. The maximum absolute atomic E-state index is 12.4. The quantitative estimate of drug-likeness (QED) is 0.688. The van der Waals surface area contributed by atoms with E-state index in [2.05, 4.69) is 26.6 Å². The highest BCUT2D eigenvalue weighted by molar-refractivity contribution is 5.90. The number of H-pyrrole nitrogens is 2. The standard InChI is InChI=1S/C18H18N4O2/c1-11-8-9-14(10-12(11)2)15(13-6-4-3-5-7-13)19-17(23)16-20-18(24)22-21-16/h3-10,15H,1-2H3,(H,19,23)(H2,20,21,22,24)/t15-/m1/s1. The van der Waals surface area contributed by atoms with Crippen LogP contribution in [0.15, 0.2) is 53.3 Å². The molecule has 1 amide bonds. The Labute approximate surface area is 138 Å². The summed E-state index contributed by atoms with van der Waals surface area (Å²) in [7, 11) is 0. The van der Waals surface area contributed by atoms with Crippen molar-refractivity contribution in [2.24, 2.45) is 0 Å². The van der Waals surface area contributed by atoms with E-state index in [1.165, 1.54) is 5.56 Å². The Hall–Kier alpha value is -3.15. The fraction of sp³-hybridized carbons (Fsp3) is 0.167. The zero-order valence-corrected chi connectivity index (χ0v) is 13.5. The molecule has 0 unspecified atom stereocenters. The van der Waals surface area contributed by atoms with Crippen LogP contribution >= 0.6 is 0 Å². The van der Waals surface area contributed by atoms with Gasteiger partial charge >= 0.3 is 5.69 Å². The van der Waals surface area contributed by atoms with E-state index in [4.69, 9.17) is 0 Å². The summed E-state index contributed by atoms with van der Waals surface area (Å²) >= 11 is 0. The first-order valence-corrected chi connectivity index (χ1v) is 7.62. The number of carbonyl (C=O) groups is 1. The van der Waals surface area contributed by atoms with Gasteiger partial charge in [0.25, 0.3) is 5.91 Å². The number of carbonyl (C=O) groups excluding carboxylic acids is 1. The number of hydrogen-bond donors (Lipinski definition) is 3. The molecule has 1 heterocycles. The largest absolute Gasteiger partial charge is 0.341 e. The van der Waals surface area contributed by atoms with Gasteiger partial charge in [0.2, 0.25) is 5.82 Å². The molecule has 1 atom stereocenters. The zero-order valence-electron chi connectivity index (χ0n) is 13.5. The van der Waals surface area contributed by atoms with Crippen LogP contribution in [0.2, 0.25) is 0 Å². The van der Waals surface area contributed by atoms with Crippen molar-refractivity contribution < 1.29 is 4.79 Å². The molecule has 0 saturated heterocycles. The van der Waals surface area contributed by atoms with Gasteiger partial charge in [-0.1, -0.05) is 48.5 Å². The third-order valence-electron chi connectivity index (χ3n) is 3.99. The van der Waals surface area contributed by atoms with Crippen molar-refractivity contribution in [3.8, 4) is 0 Å². The molecule has 122 valence electrons. The van der Waals surface area contributed by atoms with Gasteiger partial charge in [-0.3, -0.25) is 9.78 Å². The normalized spacial score (nSPS) is 11.9. The van der Waals surface area contributed by atoms with Crippen molar-refractivity contribution in [2.75, 3.05) is 0 Å². The highest BCUT2D eigenvalue weighted by atomic mass is 16.2. The topological polar surface area (TPSA) is 90.6 Å². The smallest absolute Gasteiger partial charge is 0.338 e. The summed E-state index contributed by atoms with van der Waals surface area (Å²) in [6.45, 7) is 4.08. The highest BCUT2D eigenvalue weighted by Crippen LogP contribution is 2.24. The van der Waals surface area contributed by atoms with E-state index >= 15 is 0 Å². The van der Waals surface area contributed by atoms with Crippen LogP contribution in [0.5, 0.6) is 0 Å². The van der Waals surface area contributed by atoms with Crippen molar-refractivity contribution in [1.29, 1.82) is 0 Å². The van der Waals surface area contributed by atoms with Crippen LogP contribution in [0.1, 0.15) is 38.9 Å². The lowest BCUT2D eigenvalue weighted by molar-refractivity contribution is 0.0933. The Morgan fingerprint density at radius 3 is 2.42 bits per heavy atom. The van der Waals surface area contributed by atoms with Gasteiger partial charge in [-0.25, -0.2) is 9.89 Å². The number of aromatic nitrogens is 3. The molecule has 6 nitrogen and oxygen atoms in total. The van der Waals surface area contributed by atoms with Crippen molar-refractivity contribution in [1.82, 2.24) is 20.5 Å². The predicted octanol–water partition coefficient (Wildman–Crippen LogP) is 2.23. The van der Waals surface area contributed by atoms with Crippen LogP contribution in [0.25, 0.3) is 0 Å². The molecule has 0 spiro atoms. The number of benzene rings is 2. The molecule has 0 saturated carbocycles. The van der Waals surface area contributed by atoms with E-state index in [1.54, 1.807) is 0 Å². The zero-order chi connectivity index (χ0) is 17.1. The summed E-state index contributed by atoms with van der Waals surface area (Å²) < 4.78 is 0. The number of amides is 1. The third kappa shape index (κ3) is 3.27. The minimum absolute atomic E-state index is 0.0373. The second-order valence-corrected chi connectivity index (χ2v) is 5.69. The van der Waals surface area contributed by atoms with E-state index in [-0.39, 0.29) is 11.9 Å². The molecule has 0 radical (unpaired) electrons. The Morgan fingerprint density at radius 2 is 1.79 bits per heavy atom. The lowest BCUT2D eigenvalue weighted by Gasteiger charge is -2.20. The molecule has 0 aliphatic carbocycles. The van der Waals surface area contributed by atoms with Crippen molar-refractivity contribution in [3.05, 3.63) is 87.1 Å². The molecule has 0 bridgehead atoms. The average Bonchev–Trinajstić information content (AvgIpc) is 3.02. The molecule has 6 heteroatoms. The van der Waals surface area contributed by atoms with Crippen LogP contribution in [0.3, 0.4) is 0 Å². The molecule has 0 fully saturated rings. The van der Waals surface area contributed by atoms with E-state index in [0.717, 1.165) is 16.7 Å². The molecule has 1 aromatic heterocycles. The Balaban J connectivity index is 1.97. The second-order valence-electron chi connectivity index (χ2n) is 5.69. The highest BCUT2D eigenvalue weighted by Gasteiger charge is 2.20. The summed E-state index contributed by atoms with van der Waals surface area (Å²) in [6.07, 6.45) is 0. The molecule has 3 N–H and O–H groups in total. The average molecular weight is 322 g/mol. The summed E-state index contributed by atoms with van der Waals surface area (Å²) in [4.78, 5) is 25.9. The van der Waals surface area contributed by atoms with E-state index in [9.17, 15) is 9.59 Å². The number of rotatable bonds is 4. The van der Waals surface area contributed by atoms with Gasteiger partial charge in [0.1, 0.15) is 0 Å². The summed E-state index contributed by atoms with van der Waals surface area (Å²) in [5, 5.41) is 8.81. The van der Waals surface area contributed by atoms with Crippen molar-refractivity contribution in [3.63, 3.8) is 0 Å². The predicted molar refractivity (Wildman–Crippen MR) is 90.9 cm³/mol. The van der Waals surface area contributed by atoms with Crippen molar-refractivity contribution in [2.45, 2.75) is 19.9 Å². The summed E-state index contributed by atoms with van der Waals surface area (Å²) in [5.74, 6) is -0.481. The van der Waals surface area contributed by atoms with E-state index in [0.29, 0.717) is 0 Å². The number of aryl methyl sites for hydroxylation is 2. The minimum atomic E-state index is -0.511. The molecule has 24 heavy (non-hydrogen) atoms. The minimum Gasteiger partial charge on any atom is -0.338 e. The first kappa shape index (κ1) is 15.7. The fourth-order valence-electron chi connectivity index (χ4n) is 2.53. The molecule has 0 aliphatic rings. The van der Waals surface area contributed by atoms with Gasteiger partial charge in [0.15, 0.2) is 0 Å². The maximum Gasteiger partial charge on any atom is 0.341 e. The van der Waals surface area contributed by atoms with Crippen LogP contribution < -0.4 is 11.0 Å². The Kier molecular flexibility index (Phi) is 4.29. The van der Waals surface area contributed by atoms with E-state index in [1.807, 2.05) is 56.3 Å². The number of hydrogen-bond acceptors (Lipinski definition) is 3. The van der Waals surface area contributed by atoms with Gasteiger partial charge in [0, 0.05) is 0 Å². The SMILES string of the molecule is Cc1ccc([C@H](NC(=O)c2n[nH]c(=O)[nH]2)c2ccccc2)cc1C. The van der Waals surface area contributed by atoms with Crippen LogP contribution in [-0.4, -0.2) is 21.1 Å². The number of nitrogens with one attached hydrogen (secondary N) is 3. The van der Waals surface area contributed by atoms with E-state index < -0.39 is 11.6 Å². The van der Waals surface area contributed by atoms with Crippen LogP contribution in [0.4, 0.5) is 0 Å². The number of nitrogens with zero attached hydrogens (tertiary/aromatic N) is 1. The molecule has 3 aromatic rings. The monoisotopic (exact) mass is 322 g/mol. The summed E-state index contributed by atoms with van der Waals surface area (Å²) in [5.41, 5.74) is 3.74. The van der Waals surface area contributed by atoms with Gasteiger partial charge in [-0.15, -0.1) is 5.10 Å². The maximum atomic E-state index is 12.4. The molecular formula is C18H18N4O2. The Morgan fingerprint density at radius 1 is 1.04 bits per heavy atom. The van der Waals surface area contributed by atoms with Crippen molar-refractivity contribution >= 4 is 5.91 Å².